The van der Waals surface area contributed by atoms with E-state index >= 15 is 0 Å². The van der Waals surface area contributed by atoms with E-state index in [2.05, 4.69) is 10.3 Å². The molecular weight excluding hydrogens is 381 g/mol. The second-order valence-electron chi connectivity index (χ2n) is 6.96. The molecule has 1 spiro atoms. The number of benzene rings is 1. The normalized spacial score (nSPS) is 21.2. The number of amides is 3. The number of imide groups is 1. The molecule has 1 fully saturated rings. The molecule has 28 heavy (non-hydrogen) atoms. The SMILES string of the molecule is O=C1N[C@]2(CCCc3sccc32)C(=O)N1Cc1ncc(-c2ccc(F)cc2)o1. The number of aryl methyl sites for hydroxylation is 1. The molecule has 1 saturated heterocycles. The summed E-state index contributed by atoms with van der Waals surface area (Å²) >= 11 is 1.62. The highest BCUT2D eigenvalue weighted by Crippen LogP contribution is 2.42. The molecular formula is C20H16FN3O3S. The van der Waals surface area contributed by atoms with Gasteiger partial charge in [0.2, 0.25) is 5.89 Å². The van der Waals surface area contributed by atoms with Crippen LogP contribution in [0, 0.1) is 5.82 Å². The van der Waals surface area contributed by atoms with Crippen LogP contribution in [0.4, 0.5) is 9.18 Å². The maximum atomic E-state index is 13.2. The Bertz CT molecular complexity index is 1070. The highest BCUT2D eigenvalue weighted by molar-refractivity contribution is 7.10. The lowest BCUT2D eigenvalue weighted by Crippen LogP contribution is -2.46. The third-order valence-corrected chi connectivity index (χ3v) is 6.29. The maximum absolute atomic E-state index is 13.2. The van der Waals surface area contributed by atoms with Crippen molar-refractivity contribution in [3.8, 4) is 11.3 Å². The summed E-state index contributed by atoms with van der Waals surface area (Å²) in [6.45, 7) is -0.0485. The van der Waals surface area contributed by atoms with E-state index < -0.39 is 11.6 Å². The van der Waals surface area contributed by atoms with Crippen LogP contribution in [0.3, 0.4) is 0 Å². The molecule has 3 heterocycles. The molecule has 1 N–H and O–H groups in total. The van der Waals surface area contributed by atoms with Crippen LogP contribution in [-0.4, -0.2) is 21.8 Å². The molecule has 6 nitrogen and oxygen atoms in total. The van der Waals surface area contributed by atoms with Gasteiger partial charge in [-0.1, -0.05) is 0 Å². The van der Waals surface area contributed by atoms with Crippen molar-refractivity contribution >= 4 is 23.3 Å². The topological polar surface area (TPSA) is 75.4 Å². The standard InChI is InChI=1S/C20H16FN3O3S/c21-13-5-3-12(4-6-13)15-10-22-17(27-15)11-24-18(25)20(23-19(24)26)8-1-2-16-14(20)7-9-28-16/h3-7,9-10H,1-2,8,11H2,(H,23,26)/t20-/m0/s1. The Labute approximate surface area is 164 Å². The zero-order chi connectivity index (χ0) is 19.3. The predicted molar refractivity (Wildman–Crippen MR) is 99.9 cm³/mol. The van der Waals surface area contributed by atoms with Crippen LogP contribution in [-0.2, 0) is 23.3 Å². The molecule has 3 amide bonds. The first-order chi connectivity index (χ1) is 13.6. The Morgan fingerprint density at radius 3 is 2.89 bits per heavy atom. The largest absolute Gasteiger partial charge is 0.439 e. The van der Waals surface area contributed by atoms with Crippen LogP contribution in [0.25, 0.3) is 11.3 Å². The van der Waals surface area contributed by atoms with Gasteiger partial charge in [0.25, 0.3) is 5.91 Å². The number of nitrogens with one attached hydrogen (secondary N) is 1. The number of nitrogens with zero attached hydrogens (tertiary/aromatic N) is 2. The molecule has 1 atom stereocenters. The van der Waals surface area contributed by atoms with E-state index in [4.69, 9.17) is 4.42 Å². The van der Waals surface area contributed by atoms with Crippen LogP contribution >= 0.6 is 11.3 Å². The van der Waals surface area contributed by atoms with E-state index in [-0.39, 0.29) is 24.2 Å². The molecule has 5 rings (SSSR count). The van der Waals surface area contributed by atoms with Gasteiger partial charge >= 0.3 is 6.03 Å². The van der Waals surface area contributed by atoms with E-state index in [0.29, 0.717) is 17.7 Å². The number of rotatable bonds is 3. The number of carbonyl (C=O) groups is 2. The number of urea groups is 1. The molecule has 3 aromatic rings. The zero-order valence-electron chi connectivity index (χ0n) is 14.8. The van der Waals surface area contributed by atoms with Gasteiger partial charge in [-0.05, 0) is 55.0 Å². The molecule has 1 aliphatic carbocycles. The Kier molecular flexibility index (Phi) is 3.83. The van der Waals surface area contributed by atoms with Gasteiger partial charge in [-0.15, -0.1) is 11.3 Å². The number of hydrogen-bond donors (Lipinski definition) is 1. The summed E-state index contributed by atoms with van der Waals surface area (Å²) in [5.74, 6) is 0.0996. The molecule has 0 radical (unpaired) electrons. The van der Waals surface area contributed by atoms with E-state index in [0.717, 1.165) is 28.2 Å². The Hall–Kier alpha value is -3.00. The molecule has 0 saturated carbocycles. The summed E-state index contributed by atoms with van der Waals surface area (Å²) in [5.41, 5.74) is 0.602. The highest BCUT2D eigenvalue weighted by Gasteiger charge is 2.54. The van der Waals surface area contributed by atoms with Crippen molar-refractivity contribution in [1.82, 2.24) is 15.2 Å². The van der Waals surface area contributed by atoms with Crippen LogP contribution in [0.5, 0.6) is 0 Å². The monoisotopic (exact) mass is 397 g/mol. The van der Waals surface area contributed by atoms with Crippen molar-refractivity contribution in [1.29, 1.82) is 0 Å². The van der Waals surface area contributed by atoms with Crippen LogP contribution < -0.4 is 5.32 Å². The highest BCUT2D eigenvalue weighted by atomic mass is 32.1. The van der Waals surface area contributed by atoms with Gasteiger partial charge < -0.3 is 9.73 Å². The number of hydrogen-bond acceptors (Lipinski definition) is 5. The fraction of sp³-hybridized carbons (Fsp3) is 0.250. The van der Waals surface area contributed by atoms with Gasteiger partial charge in [0.05, 0.1) is 6.20 Å². The molecule has 0 bridgehead atoms. The van der Waals surface area contributed by atoms with Crippen molar-refractivity contribution in [2.24, 2.45) is 0 Å². The Balaban J connectivity index is 1.41. The van der Waals surface area contributed by atoms with E-state index in [9.17, 15) is 14.0 Å². The van der Waals surface area contributed by atoms with Crippen LogP contribution in [0.1, 0.15) is 29.2 Å². The van der Waals surface area contributed by atoms with E-state index in [1.807, 2.05) is 11.4 Å². The smallest absolute Gasteiger partial charge is 0.325 e. The number of thiophene rings is 1. The van der Waals surface area contributed by atoms with Gasteiger partial charge in [-0.3, -0.25) is 9.69 Å². The van der Waals surface area contributed by atoms with Gasteiger partial charge in [0.15, 0.2) is 5.76 Å². The fourth-order valence-electron chi connectivity index (χ4n) is 3.95. The van der Waals surface area contributed by atoms with E-state index in [1.165, 1.54) is 18.3 Å². The van der Waals surface area contributed by atoms with Crippen molar-refractivity contribution in [2.45, 2.75) is 31.3 Å². The predicted octanol–water partition coefficient (Wildman–Crippen LogP) is 3.83. The lowest BCUT2D eigenvalue weighted by atomic mass is 9.80. The van der Waals surface area contributed by atoms with Crippen molar-refractivity contribution in [2.75, 3.05) is 0 Å². The third-order valence-electron chi connectivity index (χ3n) is 5.31. The van der Waals surface area contributed by atoms with Crippen molar-refractivity contribution in [3.63, 3.8) is 0 Å². The number of fused-ring (bicyclic) bond motifs is 2. The van der Waals surface area contributed by atoms with E-state index in [1.54, 1.807) is 23.5 Å². The zero-order valence-corrected chi connectivity index (χ0v) is 15.6. The molecule has 142 valence electrons. The minimum atomic E-state index is -0.975. The second-order valence-corrected chi connectivity index (χ2v) is 7.96. The fourth-order valence-corrected chi connectivity index (χ4v) is 4.95. The van der Waals surface area contributed by atoms with Crippen molar-refractivity contribution < 1.29 is 18.4 Å². The average Bonchev–Trinajstić information content (AvgIpc) is 3.40. The summed E-state index contributed by atoms with van der Waals surface area (Å²) < 4.78 is 18.8. The molecule has 8 heteroatoms. The van der Waals surface area contributed by atoms with Gasteiger partial charge in [-0.2, -0.15) is 0 Å². The Morgan fingerprint density at radius 2 is 2.07 bits per heavy atom. The van der Waals surface area contributed by atoms with Crippen LogP contribution in [0.2, 0.25) is 0 Å². The first kappa shape index (κ1) is 17.1. The Morgan fingerprint density at radius 1 is 1.25 bits per heavy atom. The van der Waals surface area contributed by atoms with Gasteiger partial charge in [0, 0.05) is 16.0 Å². The van der Waals surface area contributed by atoms with Gasteiger partial charge in [0.1, 0.15) is 17.9 Å². The molecule has 0 unspecified atom stereocenters. The molecule has 2 aliphatic rings. The lowest BCUT2D eigenvalue weighted by molar-refractivity contribution is -0.132. The second kappa shape index (κ2) is 6.27. The number of aromatic nitrogens is 1. The summed E-state index contributed by atoms with van der Waals surface area (Å²) in [7, 11) is 0. The quantitative estimate of drug-likeness (QED) is 0.682. The first-order valence-corrected chi connectivity index (χ1v) is 9.86. The summed E-state index contributed by atoms with van der Waals surface area (Å²) in [4.78, 5) is 32.3. The third kappa shape index (κ3) is 2.56. The summed E-state index contributed by atoms with van der Waals surface area (Å²) in [6.07, 6.45) is 3.87. The lowest BCUT2D eigenvalue weighted by Gasteiger charge is -2.31. The number of halogens is 1. The summed E-state index contributed by atoms with van der Waals surface area (Å²) in [6, 6.07) is 7.33. The number of oxazole rings is 1. The summed E-state index contributed by atoms with van der Waals surface area (Å²) in [5, 5.41) is 4.87. The minimum absolute atomic E-state index is 0.0485. The van der Waals surface area contributed by atoms with Crippen molar-refractivity contribution in [3.05, 3.63) is 64.1 Å². The molecule has 1 aliphatic heterocycles. The number of carbonyl (C=O) groups excluding carboxylic acids is 2. The minimum Gasteiger partial charge on any atom is -0.439 e. The molecule has 2 aromatic heterocycles. The maximum Gasteiger partial charge on any atom is 0.325 e. The molecule has 1 aromatic carbocycles. The van der Waals surface area contributed by atoms with Gasteiger partial charge in [-0.25, -0.2) is 14.2 Å². The average molecular weight is 397 g/mol. The first-order valence-electron chi connectivity index (χ1n) is 8.98. The van der Waals surface area contributed by atoms with Crippen LogP contribution in [0.15, 0.2) is 46.3 Å².